The van der Waals surface area contributed by atoms with Crippen molar-refractivity contribution in [3.63, 3.8) is 0 Å². The van der Waals surface area contributed by atoms with Crippen molar-refractivity contribution < 1.29 is 36.6 Å². The first-order valence-electron chi connectivity index (χ1n) is 11.6. The second-order valence-electron chi connectivity index (χ2n) is 8.76. The normalized spacial score (nSPS) is 18.8. The summed E-state index contributed by atoms with van der Waals surface area (Å²) in [5, 5.41) is 2.51. The van der Waals surface area contributed by atoms with Crippen LogP contribution in [-0.4, -0.2) is 40.7 Å². The minimum Gasteiger partial charge on any atom is -0.408 e. The summed E-state index contributed by atoms with van der Waals surface area (Å²) in [5.74, 6) is -1.07. The second kappa shape index (κ2) is 9.88. The fourth-order valence-electron chi connectivity index (χ4n) is 4.60. The molecule has 190 valence electrons. The Hall–Kier alpha value is -3.08. The quantitative estimate of drug-likeness (QED) is 0.588. The zero-order chi connectivity index (χ0) is 25.3. The molecule has 2 aromatic rings. The Kier molecular flexibility index (Phi) is 7.07. The minimum absolute atomic E-state index is 0.0846. The molecule has 2 amide bonds. The van der Waals surface area contributed by atoms with Gasteiger partial charge in [-0.15, -0.1) is 0 Å². The molecule has 4 rings (SSSR count). The molecule has 11 heteroatoms. The Morgan fingerprint density at radius 1 is 1.26 bits per heavy atom. The maximum atomic E-state index is 14.4. The molecule has 2 aliphatic heterocycles. The molecule has 1 saturated heterocycles. The average Bonchev–Trinajstić information content (AvgIpc) is 3.40. The van der Waals surface area contributed by atoms with Gasteiger partial charge in [0.15, 0.2) is 5.75 Å². The van der Waals surface area contributed by atoms with Crippen molar-refractivity contribution in [3.05, 3.63) is 52.6 Å². The highest BCUT2D eigenvalue weighted by Crippen LogP contribution is 2.33. The Morgan fingerprint density at radius 2 is 2.03 bits per heavy atom. The molecule has 0 unspecified atom stereocenters. The van der Waals surface area contributed by atoms with Crippen LogP contribution in [0.3, 0.4) is 0 Å². The third kappa shape index (κ3) is 5.14. The van der Waals surface area contributed by atoms with E-state index in [2.05, 4.69) is 5.32 Å². The second-order valence-corrected chi connectivity index (χ2v) is 8.76. The lowest BCUT2D eigenvalue weighted by Crippen LogP contribution is -2.35. The largest absolute Gasteiger partial charge is 0.416 e. The number of nitrogens with one attached hydrogen (secondary N) is 1. The van der Waals surface area contributed by atoms with Gasteiger partial charge in [0.1, 0.15) is 11.5 Å². The zero-order valence-corrected chi connectivity index (χ0v) is 19.5. The van der Waals surface area contributed by atoms with Gasteiger partial charge >= 0.3 is 12.3 Å². The molecule has 0 bridgehead atoms. The van der Waals surface area contributed by atoms with E-state index in [1.807, 2.05) is 6.92 Å². The van der Waals surface area contributed by atoms with Crippen LogP contribution in [0.25, 0.3) is 0 Å². The molecule has 2 aliphatic rings. The van der Waals surface area contributed by atoms with E-state index in [4.69, 9.17) is 9.47 Å². The van der Waals surface area contributed by atoms with Crippen molar-refractivity contribution in [2.75, 3.05) is 13.2 Å². The van der Waals surface area contributed by atoms with Crippen molar-refractivity contribution in [1.82, 2.24) is 14.8 Å². The first-order chi connectivity index (χ1) is 16.6. The minimum atomic E-state index is -4.67. The van der Waals surface area contributed by atoms with Crippen molar-refractivity contribution in [1.29, 1.82) is 0 Å². The fourth-order valence-corrected chi connectivity index (χ4v) is 4.60. The van der Waals surface area contributed by atoms with E-state index < -0.39 is 29.7 Å². The lowest BCUT2D eigenvalue weighted by Gasteiger charge is -2.24. The molecule has 1 fully saturated rings. The van der Waals surface area contributed by atoms with Crippen LogP contribution in [-0.2, 0) is 24.1 Å². The fraction of sp³-hybridized carbons (Fsp3) is 0.500. The van der Waals surface area contributed by atoms with E-state index in [0.29, 0.717) is 37.2 Å². The number of halogens is 4. The number of rotatable bonds is 5. The first kappa shape index (κ1) is 25.0. The van der Waals surface area contributed by atoms with Gasteiger partial charge in [0.2, 0.25) is 0 Å². The van der Waals surface area contributed by atoms with Crippen LogP contribution in [0.1, 0.15) is 66.5 Å². The number of hydrogen-bond acceptors (Lipinski definition) is 4. The van der Waals surface area contributed by atoms with Gasteiger partial charge in [-0.25, -0.2) is 9.18 Å². The Balaban J connectivity index is 1.52. The van der Waals surface area contributed by atoms with Gasteiger partial charge in [-0.1, -0.05) is 13.0 Å². The first-order valence-corrected chi connectivity index (χ1v) is 11.6. The summed E-state index contributed by atoms with van der Waals surface area (Å²) < 4.78 is 65.8. The summed E-state index contributed by atoms with van der Waals surface area (Å²) in [6.45, 7) is 5.29. The molecule has 0 saturated carbocycles. The molecule has 35 heavy (non-hydrogen) atoms. The number of likely N-dealkylation sites (tertiary alicyclic amines) is 1. The summed E-state index contributed by atoms with van der Waals surface area (Å²) in [6.07, 6.45) is -3.53. The highest BCUT2D eigenvalue weighted by atomic mass is 19.4. The average molecular weight is 497 g/mol. The molecule has 1 aromatic heterocycles. The molecule has 3 heterocycles. The number of ether oxygens (including phenoxy) is 2. The van der Waals surface area contributed by atoms with E-state index in [1.165, 1.54) is 6.07 Å². The van der Waals surface area contributed by atoms with Gasteiger partial charge in [0.05, 0.1) is 30.5 Å². The Labute approximate surface area is 200 Å². The van der Waals surface area contributed by atoms with E-state index in [9.17, 15) is 27.2 Å². The topological polar surface area (TPSA) is 72.8 Å². The van der Waals surface area contributed by atoms with Gasteiger partial charge in [0, 0.05) is 30.8 Å². The van der Waals surface area contributed by atoms with Gasteiger partial charge in [-0.2, -0.15) is 13.2 Å². The van der Waals surface area contributed by atoms with Gasteiger partial charge in [-0.05, 0) is 38.3 Å². The zero-order valence-electron chi connectivity index (χ0n) is 19.5. The van der Waals surface area contributed by atoms with Crippen LogP contribution < -0.4 is 10.1 Å². The van der Waals surface area contributed by atoms with Gasteiger partial charge < -0.3 is 24.3 Å². The van der Waals surface area contributed by atoms with Crippen LogP contribution in [0.2, 0.25) is 0 Å². The molecular weight excluding hydrogens is 470 g/mol. The number of aromatic nitrogens is 1. The van der Waals surface area contributed by atoms with Crippen LogP contribution in [0.5, 0.6) is 5.75 Å². The van der Waals surface area contributed by atoms with E-state index in [-0.39, 0.29) is 36.3 Å². The number of amides is 2. The summed E-state index contributed by atoms with van der Waals surface area (Å²) in [4.78, 5) is 27.6. The molecule has 1 aromatic carbocycles. The Morgan fingerprint density at radius 3 is 2.66 bits per heavy atom. The standard InChI is InChI=1S/C24H27F4N3O4/c1-3-18(16-7-6-15(11-17(16)25)24(26,27)28)29-23(33)35-21-12-19(31-9-10-34-13-20(21)31)22(32)30-8-4-5-14(30)2/h6-7,11-12,14,18H,3-5,8-10,13H2,1-2H3,(H,29,33)/t14-,18+/m0/s1. The van der Waals surface area contributed by atoms with Gasteiger partial charge in [0.25, 0.3) is 5.91 Å². The number of alkyl halides is 3. The molecular formula is C24H27F4N3O4. The van der Waals surface area contributed by atoms with Gasteiger partial charge in [-0.3, -0.25) is 4.79 Å². The van der Waals surface area contributed by atoms with Crippen LogP contribution in [0.15, 0.2) is 24.3 Å². The van der Waals surface area contributed by atoms with Crippen LogP contribution >= 0.6 is 0 Å². The number of nitrogens with zero attached hydrogens (tertiary/aromatic N) is 2. The maximum absolute atomic E-state index is 14.4. The number of carbonyl (C=O) groups excluding carboxylic acids is 2. The van der Waals surface area contributed by atoms with Crippen LogP contribution in [0.4, 0.5) is 22.4 Å². The monoisotopic (exact) mass is 497 g/mol. The van der Waals surface area contributed by atoms with Crippen LogP contribution in [0, 0.1) is 5.82 Å². The third-order valence-electron chi connectivity index (χ3n) is 6.51. The highest BCUT2D eigenvalue weighted by molar-refractivity contribution is 5.94. The molecule has 0 radical (unpaired) electrons. The highest BCUT2D eigenvalue weighted by Gasteiger charge is 2.33. The van der Waals surface area contributed by atoms with E-state index in [0.717, 1.165) is 25.0 Å². The number of benzene rings is 1. The van der Waals surface area contributed by atoms with Crippen molar-refractivity contribution in [2.45, 2.75) is 64.5 Å². The summed E-state index contributed by atoms with van der Waals surface area (Å²) in [5.41, 5.74) is -0.254. The number of carbonyl (C=O) groups is 2. The van der Waals surface area contributed by atoms with Crippen molar-refractivity contribution in [3.8, 4) is 5.75 Å². The number of fused-ring (bicyclic) bond motifs is 1. The molecule has 7 nitrogen and oxygen atoms in total. The molecule has 0 aliphatic carbocycles. The molecule has 1 N–H and O–H groups in total. The maximum Gasteiger partial charge on any atom is 0.416 e. The smallest absolute Gasteiger partial charge is 0.408 e. The number of hydrogen-bond donors (Lipinski definition) is 1. The lowest BCUT2D eigenvalue weighted by molar-refractivity contribution is -0.137. The lowest BCUT2D eigenvalue weighted by atomic mass is 10.0. The SMILES string of the molecule is CC[C@@H](NC(=O)Oc1cc(C(=O)N2CCC[C@@H]2C)n2c1COCC2)c1ccc(C(F)(F)F)cc1F. The summed E-state index contributed by atoms with van der Waals surface area (Å²) in [6, 6.07) is 2.90. The predicted molar refractivity (Wildman–Crippen MR) is 117 cm³/mol. The third-order valence-corrected chi connectivity index (χ3v) is 6.51. The molecule has 2 atom stereocenters. The summed E-state index contributed by atoms with van der Waals surface area (Å²) >= 11 is 0. The molecule has 0 spiro atoms. The van der Waals surface area contributed by atoms with Crippen molar-refractivity contribution >= 4 is 12.0 Å². The van der Waals surface area contributed by atoms with E-state index in [1.54, 1.807) is 16.4 Å². The van der Waals surface area contributed by atoms with Crippen molar-refractivity contribution in [2.24, 2.45) is 0 Å². The summed E-state index contributed by atoms with van der Waals surface area (Å²) in [7, 11) is 0. The van der Waals surface area contributed by atoms with E-state index >= 15 is 0 Å². The Bertz CT molecular complexity index is 1110. The predicted octanol–water partition coefficient (Wildman–Crippen LogP) is 5.04.